The van der Waals surface area contributed by atoms with Crippen molar-refractivity contribution in [3.63, 3.8) is 0 Å². The molecule has 9 nitrogen and oxygen atoms in total. The number of sulfonamides is 1. The van der Waals surface area contributed by atoms with Gasteiger partial charge in [-0.25, -0.2) is 22.6 Å². The summed E-state index contributed by atoms with van der Waals surface area (Å²) in [6.45, 7) is 1.76. The zero-order valence-electron chi connectivity index (χ0n) is 18.4. The summed E-state index contributed by atoms with van der Waals surface area (Å²) in [5.74, 6) is -0.428. The summed E-state index contributed by atoms with van der Waals surface area (Å²) in [5, 5.41) is 8.36. The Labute approximate surface area is 186 Å². The maximum atomic E-state index is 15.4. The molecule has 3 rings (SSSR count). The minimum atomic E-state index is -3.44. The molecule has 1 heterocycles. The molecular weight excluding hydrogens is 439 g/mol. The van der Waals surface area contributed by atoms with Crippen LogP contribution in [0, 0.1) is 5.82 Å². The van der Waals surface area contributed by atoms with E-state index in [1.807, 2.05) is 0 Å². The van der Waals surface area contributed by atoms with Crippen molar-refractivity contribution in [3.05, 3.63) is 52.8 Å². The zero-order valence-corrected chi connectivity index (χ0v) is 19.2. The molecule has 2 aromatic rings. The third-order valence-electron chi connectivity index (χ3n) is 4.98. The largest absolute Gasteiger partial charge is 0.493 e. The number of anilines is 1. The lowest BCUT2D eigenvalue weighted by molar-refractivity contribution is 0.184. The molecule has 2 aromatic carbocycles. The van der Waals surface area contributed by atoms with E-state index in [0.29, 0.717) is 28.1 Å². The van der Waals surface area contributed by atoms with Gasteiger partial charge in [0.15, 0.2) is 17.3 Å². The van der Waals surface area contributed by atoms with E-state index in [9.17, 15) is 13.2 Å². The number of benzene rings is 2. The van der Waals surface area contributed by atoms with Gasteiger partial charge in [0, 0.05) is 29.4 Å². The Hall–Kier alpha value is -3.34. The van der Waals surface area contributed by atoms with Crippen LogP contribution in [0.1, 0.15) is 23.6 Å². The number of methoxy groups -OCH3 is 2. The Bertz CT molecular complexity index is 1170. The normalized spacial score (nSPS) is 15.9. The first-order chi connectivity index (χ1) is 15.1. The molecule has 0 bridgehead atoms. The summed E-state index contributed by atoms with van der Waals surface area (Å²) < 4.78 is 51.4. The average molecular weight is 465 g/mol. The molecule has 1 atom stereocenters. The predicted octanol–water partition coefficient (Wildman–Crippen LogP) is 2.55. The highest BCUT2D eigenvalue weighted by atomic mass is 32.2. The molecule has 1 unspecified atom stereocenters. The lowest BCUT2D eigenvalue weighted by Crippen LogP contribution is -2.41. The number of carbonyl (C=O) groups is 1. The van der Waals surface area contributed by atoms with Gasteiger partial charge in [0.2, 0.25) is 10.0 Å². The first-order valence-electron chi connectivity index (χ1n) is 9.71. The fourth-order valence-corrected chi connectivity index (χ4v) is 4.09. The van der Waals surface area contributed by atoms with Gasteiger partial charge in [-0.3, -0.25) is 4.72 Å². The summed E-state index contributed by atoms with van der Waals surface area (Å²) in [6.07, 6.45) is 1.24. The Balaban J connectivity index is 2.23. The first kappa shape index (κ1) is 23.3. The van der Waals surface area contributed by atoms with Crippen molar-refractivity contribution < 1.29 is 27.1 Å². The molecule has 0 fully saturated rings. The maximum absolute atomic E-state index is 15.4. The van der Waals surface area contributed by atoms with E-state index in [1.54, 1.807) is 37.3 Å². The van der Waals surface area contributed by atoms with Crippen molar-refractivity contribution in [2.75, 3.05) is 32.2 Å². The van der Waals surface area contributed by atoms with Crippen LogP contribution >= 0.6 is 0 Å². The molecule has 172 valence electrons. The van der Waals surface area contributed by atoms with E-state index in [0.717, 1.165) is 6.26 Å². The maximum Gasteiger partial charge on any atom is 0.337 e. The molecule has 1 aliphatic rings. The van der Waals surface area contributed by atoms with Crippen LogP contribution in [0.2, 0.25) is 0 Å². The van der Waals surface area contributed by atoms with Gasteiger partial charge in [-0.2, -0.15) is 5.10 Å². The molecule has 0 saturated carbocycles. The molecule has 0 aliphatic carbocycles. The third-order valence-corrected chi connectivity index (χ3v) is 5.58. The van der Waals surface area contributed by atoms with Crippen molar-refractivity contribution in [2.45, 2.75) is 19.4 Å². The molecule has 0 saturated heterocycles. The van der Waals surface area contributed by atoms with Crippen molar-refractivity contribution >= 4 is 27.5 Å². The van der Waals surface area contributed by atoms with Crippen LogP contribution in [-0.4, -0.2) is 58.7 Å². The van der Waals surface area contributed by atoms with Crippen LogP contribution in [0.4, 0.5) is 14.9 Å². The van der Waals surface area contributed by atoms with Gasteiger partial charge in [-0.05, 0) is 31.5 Å². The van der Waals surface area contributed by atoms with Crippen LogP contribution in [0.5, 0.6) is 11.5 Å². The minimum absolute atomic E-state index is 0.0288. The zero-order chi connectivity index (χ0) is 23.6. The summed E-state index contributed by atoms with van der Waals surface area (Å²) >= 11 is 0. The van der Waals surface area contributed by atoms with Crippen molar-refractivity contribution in [1.82, 2.24) is 10.3 Å². The predicted molar refractivity (Wildman–Crippen MR) is 120 cm³/mol. The molecule has 0 radical (unpaired) electrons. The minimum Gasteiger partial charge on any atom is -0.493 e. The number of carbonyl (C=O) groups excluding carboxylic acids is 1. The Morgan fingerprint density at radius 2 is 1.88 bits per heavy atom. The number of hydrogen-bond acceptors (Lipinski definition) is 6. The van der Waals surface area contributed by atoms with E-state index in [2.05, 4.69) is 15.1 Å². The van der Waals surface area contributed by atoms with Crippen molar-refractivity contribution in [3.8, 4) is 11.5 Å². The number of hydrazone groups is 1. The average Bonchev–Trinajstić information content (AvgIpc) is 2.89. The van der Waals surface area contributed by atoms with Crippen LogP contribution in [0.3, 0.4) is 0 Å². The number of urea groups is 1. The number of rotatable bonds is 5. The Kier molecular flexibility index (Phi) is 6.58. The number of ether oxygens (including phenoxy) is 2. The number of nitrogens with zero attached hydrogens (tertiary/aromatic N) is 2. The third kappa shape index (κ3) is 4.62. The Morgan fingerprint density at radius 1 is 1.22 bits per heavy atom. The van der Waals surface area contributed by atoms with Gasteiger partial charge in [0.05, 0.1) is 32.2 Å². The highest BCUT2D eigenvalue weighted by molar-refractivity contribution is 7.92. The van der Waals surface area contributed by atoms with E-state index < -0.39 is 27.9 Å². The van der Waals surface area contributed by atoms with Gasteiger partial charge in [-0.15, -0.1) is 0 Å². The molecular formula is C21H25FN4O5S. The van der Waals surface area contributed by atoms with Gasteiger partial charge in [0.1, 0.15) is 0 Å². The number of halogens is 1. The SMILES string of the molecule is CNC(=O)N1N=C(c2ccc(NS(C)(=O)=O)cc2)c2cc(OC)c(OC)c(F)c2CC1C. The van der Waals surface area contributed by atoms with E-state index in [-0.39, 0.29) is 17.9 Å². The lowest BCUT2D eigenvalue weighted by atomic mass is 9.93. The lowest BCUT2D eigenvalue weighted by Gasteiger charge is -2.22. The summed E-state index contributed by atoms with van der Waals surface area (Å²) in [7, 11) is 0.802. The quantitative estimate of drug-likeness (QED) is 0.707. The summed E-state index contributed by atoms with van der Waals surface area (Å²) in [5.41, 5.74) is 2.03. The van der Waals surface area contributed by atoms with E-state index in [4.69, 9.17) is 9.47 Å². The van der Waals surface area contributed by atoms with E-state index >= 15 is 4.39 Å². The van der Waals surface area contributed by atoms with Gasteiger partial charge in [0.25, 0.3) is 0 Å². The fourth-order valence-electron chi connectivity index (χ4n) is 3.53. The van der Waals surface area contributed by atoms with Crippen LogP contribution in [0.15, 0.2) is 35.4 Å². The van der Waals surface area contributed by atoms with Crippen molar-refractivity contribution in [2.24, 2.45) is 5.10 Å². The Morgan fingerprint density at radius 3 is 2.41 bits per heavy atom. The smallest absolute Gasteiger partial charge is 0.337 e. The van der Waals surface area contributed by atoms with Gasteiger partial charge < -0.3 is 14.8 Å². The van der Waals surface area contributed by atoms with Crippen molar-refractivity contribution in [1.29, 1.82) is 0 Å². The highest BCUT2D eigenvalue weighted by Gasteiger charge is 2.31. The van der Waals surface area contributed by atoms with Crippen LogP contribution in [-0.2, 0) is 16.4 Å². The monoisotopic (exact) mass is 464 g/mol. The molecule has 2 amide bonds. The van der Waals surface area contributed by atoms with Crippen LogP contribution < -0.4 is 19.5 Å². The second-order valence-electron chi connectivity index (χ2n) is 7.31. The molecule has 0 aromatic heterocycles. The number of nitrogens with one attached hydrogen (secondary N) is 2. The molecule has 2 N–H and O–H groups in total. The number of hydrogen-bond donors (Lipinski definition) is 2. The standard InChI is InChI=1S/C21H25FN4O5S/c1-12-10-15-16(11-17(30-3)20(31-4)18(15)22)19(24-26(12)21(27)23-2)13-6-8-14(9-7-13)25-32(5,28)29/h6-9,11-12,25H,10H2,1-5H3,(H,23,27). The van der Waals surface area contributed by atoms with Gasteiger partial charge in [-0.1, -0.05) is 12.1 Å². The van der Waals surface area contributed by atoms with Gasteiger partial charge >= 0.3 is 6.03 Å². The number of amides is 2. The fraction of sp³-hybridized carbons (Fsp3) is 0.333. The molecule has 32 heavy (non-hydrogen) atoms. The highest BCUT2D eigenvalue weighted by Crippen LogP contribution is 2.38. The van der Waals surface area contributed by atoms with Crippen LogP contribution in [0.25, 0.3) is 0 Å². The topological polar surface area (TPSA) is 109 Å². The number of fused-ring (bicyclic) bond motifs is 1. The first-order valence-corrected chi connectivity index (χ1v) is 11.6. The van der Waals surface area contributed by atoms with E-state index in [1.165, 1.54) is 26.3 Å². The summed E-state index contributed by atoms with van der Waals surface area (Å²) in [6, 6.07) is 7.13. The second kappa shape index (κ2) is 9.03. The molecule has 1 aliphatic heterocycles. The molecule has 11 heteroatoms. The molecule has 0 spiro atoms. The second-order valence-corrected chi connectivity index (χ2v) is 9.05. The summed E-state index contributed by atoms with van der Waals surface area (Å²) in [4.78, 5) is 12.5.